The van der Waals surface area contributed by atoms with Crippen molar-refractivity contribution >= 4 is 24.0 Å². The zero-order chi connectivity index (χ0) is 7.56. The Morgan fingerprint density at radius 2 is 2.27 bits per heavy atom. The number of H-pyrrole nitrogens is 1. The van der Waals surface area contributed by atoms with Crippen LogP contribution in [0.15, 0.2) is 17.1 Å². The summed E-state index contributed by atoms with van der Waals surface area (Å²) in [6, 6.07) is 1.56. The lowest BCUT2D eigenvalue weighted by molar-refractivity contribution is 1.04. The van der Waals surface area contributed by atoms with Crippen LogP contribution in [-0.2, 0) is 6.54 Å². The third-order valence-corrected chi connectivity index (χ3v) is 1.43. The molecule has 62 valence electrons. The average Bonchev–Trinajstić information content (AvgIpc) is 1.95. The third-order valence-electron chi connectivity index (χ3n) is 1.15. The van der Waals surface area contributed by atoms with E-state index in [1.54, 1.807) is 12.3 Å². The molecule has 1 rings (SSSR count). The maximum absolute atomic E-state index is 10.7. The minimum Gasteiger partial charge on any atom is -0.328 e. The van der Waals surface area contributed by atoms with Crippen LogP contribution in [0.4, 0.5) is 0 Å². The van der Waals surface area contributed by atoms with E-state index in [1.807, 2.05) is 0 Å². The highest BCUT2D eigenvalue weighted by Crippen LogP contribution is 2.01. The molecule has 0 spiro atoms. The number of aromatic amines is 1. The van der Waals surface area contributed by atoms with Crippen LogP contribution >= 0.6 is 24.0 Å². The fourth-order valence-corrected chi connectivity index (χ4v) is 0.810. The summed E-state index contributed by atoms with van der Waals surface area (Å²) >= 11 is 5.49. The van der Waals surface area contributed by atoms with E-state index in [-0.39, 0.29) is 23.0 Å². The number of halogens is 2. The monoisotopic (exact) mass is 194 g/mol. The largest absolute Gasteiger partial charge is 0.328 e. The van der Waals surface area contributed by atoms with Crippen molar-refractivity contribution in [3.63, 3.8) is 0 Å². The van der Waals surface area contributed by atoms with Crippen molar-refractivity contribution in [3.8, 4) is 0 Å². The molecule has 0 aromatic carbocycles. The maximum Gasteiger partial charge on any atom is 0.266 e. The fraction of sp³-hybridized carbons (Fsp3) is 0.167. The van der Waals surface area contributed by atoms with Gasteiger partial charge in [0, 0.05) is 12.7 Å². The molecule has 1 aromatic heterocycles. The molecule has 0 bridgehead atoms. The van der Waals surface area contributed by atoms with Gasteiger partial charge in [0.05, 0.1) is 0 Å². The van der Waals surface area contributed by atoms with Gasteiger partial charge in [-0.1, -0.05) is 11.6 Å². The number of nitrogens with one attached hydrogen (secondary N) is 1. The first-order chi connectivity index (χ1) is 4.74. The summed E-state index contributed by atoms with van der Waals surface area (Å²) in [5, 5.41) is 0.183. The first-order valence-electron chi connectivity index (χ1n) is 2.81. The summed E-state index contributed by atoms with van der Waals surface area (Å²) in [6.07, 6.45) is 1.55. The van der Waals surface area contributed by atoms with Crippen LogP contribution in [0.2, 0.25) is 5.02 Å². The quantitative estimate of drug-likeness (QED) is 0.699. The van der Waals surface area contributed by atoms with Crippen molar-refractivity contribution in [2.75, 3.05) is 0 Å². The Balaban J connectivity index is 0.000001000. The molecule has 0 unspecified atom stereocenters. The fourth-order valence-electron chi connectivity index (χ4n) is 0.615. The molecule has 1 heterocycles. The molecule has 0 amide bonds. The molecule has 1 aromatic rings. The summed E-state index contributed by atoms with van der Waals surface area (Å²) in [5.74, 6) is 0. The van der Waals surface area contributed by atoms with E-state index in [0.717, 1.165) is 5.56 Å². The number of aromatic nitrogens is 1. The van der Waals surface area contributed by atoms with Gasteiger partial charge in [0.2, 0.25) is 0 Å². The first kappa shape index (κ1) is 10.5. The molecule has 0 atom stereocenters. The average molecular weight is 195 g/mol. The van der Waals surface area contributed by atoms with Gasteiger partial charge in [-0.15, -0.1) is 12.4 Å². The van der Waals surface area contributed by atoms with Crippen LogP contribution in [0.5, 0.6) is 0 Å². The minimum atomic E-state index is -0.279. The summed E-state index contributed by atoms with van der Waals surface area (Å²) in [5.41, 5.74) is 5.83. The highest BCUT2D eigenvalue weighted by molar-refractivity contribution is 6.30. The number of hydrogen-bond acceptors (Lipinski definition) is 2. The van der Waals surface area contributed by atoms with Crippen molar-refractivity contribution in [2.45, 2.75) is 6.54 Å². The molecule has 0 aliphatic rings. The molecule has 0 saturated heterocycles. The Kier molecular flexibility index (Phi) is 4.18. The van der Waals surface area contributed by atoms with Crippen molar-refractivity contribution in [3.05, 3.63) is 33.2 Å². The number of rotatable bonds is 1. The molecule has 5 heteroatoms. The highest BCUT2D eigenvalue weighted by atomic mass is 35.5. The lowest BCUT2D eigenvalue weighted by atomic mass is 10.3. The predicted octanol–water partition coefficient (Wildman–Crippen LogP) is 0.909. The van der Waals surface area contributed by atoms with Crippen molar-refractivity contribution in [2.24, 2.45) is 5.73 Å². The normalized spacial score (nSPS) is 8.91. The van der Waals surface area contributed by atoms with Gasteiger partial charge in [0.15, 0.2) is 0 Å². The van der Waals surface area contributed by atoms with E-state index >= 15 is 0 Å². The molecule has 3 N–H and O–H groups in total. The molecule has 0 saturated carbocycles. The molecular weight excluding hydrogens is 187 g/mol. The van der Waals surface area contributed by atoms with E-state index in [1.165, 1.54) is 0 Å². The minimum absolute atomic E-state index is 0. The van der Waals surface area contributed by atoms with Crippen LogP contribution < -0.4 is 11.3 Å². The van der Waals surface area contributed by atoms with Crippen LogP contribution in [0, 0.1) is 0 Å². The van der Waals surface area contributed by atoms with E-state index in [4.69, 9.17) is 17.3 Å². The standard InChI is InChI=1S/C6H7ClN2O.ClH/c7-5-1-4(2-8)3-9-6(5)10;/h1,3H,2,8H2,(H,9,10);1H. The molecule has 0 radical (unpaired) electrons. The Bertz CT molecular complexity index is 284. The SMILES string of the molecule is Cl.NCc1c[nH]c(=O)c(Cl)c1. The molecule has 3 nitrogen and oxygen atoms in total. The Morgan fingerprint density at radius 3 is 2.73 bits per heavy atom. The third kappa shape index (κ3) is 2.54. The topological polar surface area (TPSA) is 58.9 Å². The molecule has 11 heavy (non-hydrogen) atoms. The summed E-state index contributed by atoms with van der Waals surface area (Å²) in [4.78, 5) is 13.1. The zero-order valence-corrected chi connectivity index (χ0v) is 7.21. The van der Waals surface area contributed by atoms with Gasteiger partial charge in [0.25, 0.3) is 5.56 Å². The Morgan fingerprint density at radius 1 is 1.64 bits per heavy atom. The highest BCUT2D eigenvalue weighted by Gasteiger charge is 1.94. The Hall–Kier alpha value is -0.510. The smallest absolute Gasteiger partial charge is 0.266 e. The maximum atomic E-state index is 10.7. The van der Waals surface area contributed by atoms with Crippen LogP contribution in [-0.4, -0.2) is 4.98 Å². The second-order valence-electron chi connectivity index (χ2n) is 1.89. The van der Waals surface area contributed by atoms with Crippen molar-refractivity contribution in [1.82, 2.24) is 4.98 Å². The second kappa shape index (κ2) is 4.38. The van der Waals surface area contributed by atoms with E-state index in [0.29, 0.717) is 6.54 Å². The van der Waals surface area contributed by atoms with E-state index < -0.39 is 0 Å². The lowest BCUT2D eigenvalue weighted by Crippen LogP contribution is -2.07. The predicted molar refractivity (Wildman–Crippen MR) is 47.2 cm³/mol. The van der Waals surface area contributed by atoms with Gasteiger partial charge in [-0.25, -0.2) is 0 Å². The van der Waals surface area contributed by atoms with Crippen LogP contribution in [0.1, 0.15) is 5.56 Å². The number of hydrogen-bond donors (Lipinski definition) is 2. The van der Waals surface area contributed by atoms with Crippen molar-refractivity contribution < 1.29 is 0 Å². The van der Waals surface area contributed by atoms with Gasteiger partial charge in [-0.3, -0.25) is 4.79 Å². The van der Waals surface area contributed by atoms with E-state index in [9.17, 15) is 4.79 Å². The summed E-state index contributed by atoms with van der Waals surface area (Å²) in [6.45, 7) is 0.385. The molecule has 0 aliphatic carbocycles. The summed E-state index contributed by atoms with van der Waals surface area (Å²) in [7, 11) is 0. The molecular formula is C6H8Cl2N2O. The van der Waals surface area contributed by atoms with Gasteiger partial charge in [-0.05, 0) is 11.6 Å². The lowest BCUT2D eigenvalue weighted by Gasteiger charge is -1.93. The van der Waals surface area contributed by atoms with Gasteiger partial charge in [0.1, 0.15) is 5.02 Å². The molecule has 0 aliphatic heterocycles. The first-order valence-corrected chi connectivity index (χ1v) is 3.19. The second-order valence-corrected chi connectivity index (χ2v) is 2.30. The number of nitrogens with two attached hydrogens (primary N) is 1. The Labute approximate surface area is 75.0 Å². The zero-order valence-electron chi connectivity index (χ0n) is 5.63. The van der Waals surface area contributed by atoms with Crippen molar-refractivity contribution in [1.29, 1.82) is 0 Å². The van der Waals surface area contributed by atoms with Crippen LogP contribution in [0.3, 0.4) is 0 Å². The molecule has 0 fully saturated rings. The van der Waals surface area contributed by atoms with E-state index in [2.05, 4.69) is 4.98 Å². The summed E-state index contributed by atoms with van der Waals surface area (Å²) < 4.78 is 0. The van der Waals surface area contributed by atoms with Gasteiger partial charge in [-0.2, -0.15) is 0 Å². The number of pyridine rings is 1. The van der Waals surface area contributed by atoms with Gasteiger partial charge < -0.3 is 10.7 Å². The van der Waals surface area contributed by atoms with Crippen LogP contribution in [0.25, 0.3) is 0 Å². The van der Waals surface area contributed by atoms with Gasteiger partial charge >= 0.3 is 0 Å².